The summed E-state index contributed by atoms with van der Waals surface area (Å²) in [6, 6.07) is 1.55. The summed E-state index contributed by atoms with van der Waals surface area (Å²) < 4.78 is 30.2. The maximum atomic E-state index is 12.6. The number of amides is 1. The summed E-state index contributed by atoms with van der Waals surface area (Å²) >= 11 is 10.9. The molecular formula is C18H24Cl2N2O4S. The van der Waals surface area contributed by atoms with Crippen LogP contribution in [0.4, 0.5) is 0 Å². The predicted molar refractivity (Wildman–Crippen MR) is 106 cm³/mol. The van der Waals surface area contributed by atoms with E-state index >= 15 is 0 Å². The molecule has 9 heteroatoms. The Kier molecular flexibility index (Phi) is 6.25. The maximum Gasteiger partial charge on any atom is 0.251 e. The second-order valence-electron chi connectivity index (χ2n) is 7.24. The van der Waals surface area contributed by atoms with E-state index in [-0.39, 0.29) is 18.6 Å². The maximum absolute atomic E-state index is 12.6. The van der Waals surface area contributed by atoms with Gasteiger partial charge in [0.1, 0.15) is 12.4 Å². The fourth-order valence-corrected chi connectivity index (χ4v) is 4.39. The number of benzene rings is 1. The van der Waals surface area contributed by atoms with Crippen molar-refractivity contribution in [2.24, 2.45) is 0 Å². The minimum absolute atomic E-state index is 0.0543. The average molecular weight is 435 g/mol. The van der Waals surface area contributed by atoms with Crippen molar-refractivity contribution < 1.29 is 17.9 Å². The van der Waals surface area contributed by atoms with Crippen LogP contribution in [0.1, 0.15) is 53.2 Å². The van der Waals surface area contributed by atoms with Gasteiger partial charge in [0.2, 0.25) is 14.2 Å². The summed E-state index contributed by atoms with van der Waals surface area (Å²) in [7, 11) is -3.81. The van der Waals surface area contributed by atoms with Gasteiger partial charge in [-0.1, -0.05) is 23.2 Å². The predicted octanol–water partition coefficient (Wildman–Crippen LogP) is 2.82. The number of alkyl halides is 2. The Labute approximate surface area is 170 Å². The number of fused-ring (bicyclic) bond motifs is 1. The lowest BCUT2D eigenvalue weighted by Crippen LogP contribution is -2.39. The van der Waals surface area contributed by atoms with Crippen molar-refractivity contribution in [1.82, 2.24) is 10.0 Å². The molecule has 150 valence electrons. The van der Waals surface area contributed by atoms with Gasteiger partial charge in [0.15, 0.2) is 0 Å². The third kappa shape index (κ3) is 4.88. The van der Waals surface area contributed by atoms with Crippen molar-refractivity contribution in [3.05, 3.63) is 28.3 Å². The van der Waals surface area contributed by atoms with Crippen molar-refractivity contribution >= 4 is 39.1 Å². The second kappa shape index (κ2) is 8.15. The first-order valence-corrected chi connectivity index (χ1v) is 11.5. The zero-order valence-electron chi connectivity index (χ0n) is 15.3. The Morgan fingerprint density at radius 2 is 1.96 bits per heavy atom. The second-order valence-corrected chi connectivity index (χ2v) is 10.7. The fourth-order valence-electron chi connectivity index (χ4n) is 3.35. The van der Waals surface area contributed by atoms with Gasteiger partial charge in [-0.3, -0.25) is 4.79 Å². The van der Waals surface area contributed by atoms with Crippen LogP contribution in [-0.4, -0.2) is 37.2 Å². The van der Waals surface area contributed by atoms with E-state index < -0.39 is 20.2 Å². The van der Waals surface area contributed by atoms with Crippen molar-refractivity contribution in [1.29, 1.82) is 0 Å². The van der Waals surface area contributed by atoms with Crippen LogP contribution in [0, 0.1) is 6.92 Å². The molecule has 0 unspecified atom stereocenters. The molecule has 1 amide bonds. The molecule has 3 rings (SSSR count). The first kappa shape index (κ1) is 20.7. The SMILES string of the molecule is Cc1c(OC[C@H](C)NS(=O)(=O)C(Cl)Cl)cc(C(=O)NC2CC2)c2c1CCC2. The number of ether oxygens (including phenoxy) is 1. The normalized spacial score (nSPS) is 17.7. The zero-order chi connectivity index (χ0) is 19.8. The molecule has 0 radical (unpaired) electrons. The molecule has 1 saturated carbocycles. The Morgan fingerprint density at radius 3 is 2.59 bits per heavy atom. The van der Waals surface area contributed by atoms with Crippen LogP contribution in [0.3, 0.4) is 0 Å². The third-order valence-corrected chi connectivity index (χ3v) is 7.49. The number of nitrogens with one attached hydrogen (secondary N) is 2. The first-order chi connectivity index (χ1) is 12.7. The molecule has 2 N–H and O–H groups in total. The van der Waals surface area contributed by atoms with Gasteiger partial charge in [0.25, 0.3) is 5.91 Å². The van der Waals surface area contributed by atoms with Crippen LogP contribution in [0.2, 0.25) is 0 Å². The van der Waals surface area contributed by atoms with Crippen LogP contribution in [0.5, 0.6) is 5.75 Å². The summed E-state index contributed by atoms with van der Waals surface area (Å²) in [5.74, 6) is 0.553. The number of sulfonamides is 1. The molecule has 0 heterocycles. The van der Waals surface area contributed by atoms with Gasteiger partial charge in [-0.15, -0.1) is 0 Å². The summed E-state index contributed by atoms with van der Waals surface area (Å²) in [6.45, 7) is 3.74. The number of carbonyl (C=O) groups excluding carboxylic acids is 1. The van der Waals surface area contributed by atoms with E-state index in [4.69, 9.17) is 27.9 Å². The van der Waals surface area contributed by atoms with E-state index in [0.29, 0.717) is 11.3 Å². The van der Waals surface area contributed by atoms with Gasteiger partial charge in [-0.2, -0.15) is 0 Å². The topological polar surface area (TPSA) is 84.5 Å². The average Bonchev–Trinajstić information content (AvgIpc) is 3.25. The van der Waals surface area contributed by atoms with Gasteiger partial charge in [-0.25, -0.2) is 13.1 Å². The highest BCUT2D eigenvalue weighted by molar-refractivity contribution is 7.92. The summed E-state index contributed by atoms with van der Waals surface area (Å²) in [6.07, 6.45) is 4.90. The third-order valence-electron chi connectivity index (χ3n) is 4.89. The Morgan fingerprint density at radius 1 is 1.30 bits per heavy atom. The zero-order valence-corrected chi connectivity index (χ0v) is 17.7. The molecule has 1 aromatic carbocycles. The van der Waals surface area contributed by atoms with E-state index in [1.165, 1.54) is 5.56 Å². The largest absolute Gasteiger partial charge is 0.492 e. The van der Waals surface area contributed by atoms with Gasteiger partial charge in [0, 0.05) is 11.6 Å². The van der Waals surface area contributed by atoms with E-state index in [1.807, 2.05) is 6.92 Å². The van der Waals surface area contributed by atoms with Crippen LogP contribution < -0.4 is 14.8 Å². The summed E-state index contributed by atoms with van der Waals surface area (Å²) in [5.41, 5.74) is 3.96. The lowest BCUT2D eigenvalue weighted by Gasteiger charge is -2.19. The van der Waals surface area contributed by atoms with Crippen LogP contribution in [0.15, 0.2) is 6.07 Å². The molecule has 1 fully saturated rings. The summed E-state index contributed by atoms with van der Waals surface area (Å²) in [5, 5.41) is 3.04. The molecule has 6 nitrogen and oxygen atoms in total. The van der Waals surface area contributed by atoms with Crippen molar-refractivity contribution in [2.75, 3.05) is 6.61 Å². The number of hydrogen-bond donors (Lipinski definition) is 2. The molecule has 2 aliphatic carbocycles. The van der Waals surface area contributed by atoms with Crippen LogP contribution in [0.25, 0.3) is 0 Å². The molecule has 0 saturated heterocycles. The van der Waals surface area contributed by atoms with Gasteiger partial charge < -0.3 is 10.1 Å². The van der Waals surface area contributed by atoms with Crippen molar-refractivity contribution in [2.45, 2.75) is 62.2 Å². The molecule has 27 heavy (non-hydrogen) atoms. The van der Waals surface area contributed by atoms with E-state index in [2.05, 4.69) is 10.0 Å². The smallest absolute Gasteiger partial charge is 0.251 e. The number of hydrogen-bond acceptors (Lipinski definition) is 4. The Bertz CT molecular complexity index is 838. The first-order valence-electron chi connectivity index (χ1n) is 9.07. The van der Waals surface area contributed by atoms with Gasteiger partial charge >= 0.3 is 0 Å². The van der Waals surface area contributed by atoms with Gasteiger partial charge in [0.05, 0.1) is 6.04 Å². The number of rotatable bonds is 8. The van der Waals surface area contributed by atoms with E-state index in [0.717, 1.165) is 43.2 Å². The molecular weight excluding hydrogens is 411 g/mol. The highest BCUT2D eigenvalue weighted by Crippen LogP contribution is 2.35. The standard InChI is InChI=1S/C18H24Cl2N2O4S/c1-10(22-27(24,25)18(19)20)9-26-16-8-15(17(23)21-12-6-7-12)14-5-3-4-13(14)11(16)2/h8,10,12,18,22H,3-7,9H2,1-2H3,(H,21,23)/t10-/m0/s1. The molecule has 1 atom stereocenters. The molecule has 1 aromatic rings. The molecule has 0 aliphatic heterocycles. The minimum Gasteiger partial charge on any atom is -0.492 e. The monoisotopic (exact) mass is 434 g/mol. The quantitative estimate of drug-likeness (QED) is 0.615. The fraction of sp³-hybridized carbons (Fsp3) is 0.611. The van der Waals surface area contributed by atoms with Crippen molar-refractivity contribution in [3.8, 4) is 5.75 Å². The number of carbonyl (C=O) groups is 1. The Hall–Kier alpha value is -1.02. The van der Waals surface area contributed by atoms with Crippen molar-refractivity contribution in [3.63, 3.8) is 0 Å². The highest BCUT2D eigenvalue weighted by atomic mass is 35.5. The molecule has 0 spiro atoms. The minimum atomic E-state index is -3.81. The van der Waals surface area contributed by atoms with Crippen LogP contribution >= 0.6 is 23.2 Å². The molecule has 0 aromatic heterocycles. The van der Waals surface area contributed by atoms with Gasteiger partial charge in [-0.05, 0) is 68.7 Å². The lowest BCUT2D eigenvalue weighted by molar-refractivity contribution is 0.0949. The lowest BCUT2D eigenvalue weighted by atomic mass is 9.97. The van der Waals surface area contributed by atoms with E-state index in [9.17, 15) is 13.2 Å². The number of halogens is 2. The summed E-state index contributed by atoms with van der Waals surface area (Å²) in [4.78, 5) is 12.6. The Balaban J connectivity index is 1.76. The molecule has 0 bridgehead atoms. The highest BCUT2D eigenvalue weighted by Gasteiger charge is 2.29. The van der Waals surface area contributed by atoms with E-state index in [1.54, 1.807) is 13.0 Å². The van der Waals surface area contributed by atoms with Crippen LogP contribution in [-0.2, 0) is 22.9 Å². The molecule has 2 aliphatic rings.